The van der Waals surface area contributed by atoms with Gasteiger partial charge in [-0.2, -0.15) is 0 Å². The maximum Gasteiger partial charge on any atom is 0.152 e. The molecule has 0 bridgehead atoms. The summed E-state index contributed by atoms with van der Waals surface area (Å²) in [6.07, 6.45) is 1.14. The fraction of sp³-hybridized carbons (Fsp3) is 0.462. The van der Waals surface area contributed by atoms with E-state index in [-0.39, 0.29) is 11.6 Å². The third-order valence-electron chi connectivity index (χ3n) is 3.77. The summed E-state index contributed by atoms with van der Waals surface area (Å²) >= 11 is 5.06. The van der Waals surface area contributed by atoms with E-state index in [0.29, 0.717) is 5.56 Å². The van der Waals surface area contributed by atoms with E-state index in [1.807, 2.05) is 0 Å². The lowest BCUT2D eigenvalue weighted by molar-refractivity contribution is 0.166. The van der Waals surface area contributed by atoms with E-state index in [2.05, 4.69) is 0 Å². The van der Waals surface area contributed by atoms with Crippen LogP contribution in [-0.2, 0) is 14.6 Å². The Bertz CT molecular complexity index is 647. The fourth-order valence-corrected chi connectivity index (χ4v) is 5.29. The fourth-order valence-electron chi connectivity index (χ4n) is 2.98. The summed E-state index contributed by atoms with van der Waals surface area (Å²) < 4.78 is 42.5. The zero-order valence-electron chi connectivity index (χ0n) is 11.2. The van der Waals surface area contributed by atoms with Gasteiger partial charge in [-0.3, -0.25) is 0 Å². The van der Waals surface area contributed by atoms with Gasteiger partial charge in [-0.05, 0) is 17.7 Å². The van der Waals surface area contributed by atoms with Gasteiger partial charge in [0, 0.05) is 19.3 Å². The Morgan fingerprint density at radius 2 is 2.20 bits per heavy atom. The number of halogens is 1. The molecule has 7 heteroatoms. The number of nitrogens with two attached hydrogens (primary N) is 1. The molecule has 0 heterocycles. The lowest BCUT2D eigenvalue weighted by atomic mass is 10.00. The van der Waals surface area contributed by atoms with Crippen molar-refractivity contribution in [2.24, 2.45) is 11.1 Å². The van der Waals surface area contributed by atoms with Gasteiger partial charge in [0.25, 0.3) is 0 Å². The predicted octanol–water partition coefficient (Wildman–Crippen LogP) is 1.26. The van der Waals surface area contributed by atoms with E-state index in [9.17, 15) is 12.8 Å². The maximum atomic E-state index is 13.4. The number of ether oxygens (including phenoxy) is 1. The molecule has 1 aromatic carbocycles. The minimum absolute atomic E-state index is 0.0871. The minimum Gasteiger partial charge on any atom is -0.393 e. The van der Waals surface area contributed by atoms with Gasteiger partial charge in [0.05, 0.1) is 22.3 Å². The average Bonchev–Trinajstić information content (AvgIpc) is 3.00. The topological polar surface area (TPSA) is 69.4 Å². The third-order valence-corrected chi connectivity index (χ3v) is 5.76. The van der Waals surface area contributed by atoms with E-state index in [1.165, 1.54) is 19.2 Å². The van der Waals surface area contributed by atoms with Gasteiger partial charge in [0.2, 0.25) is 0 Å². The molecular formula is C13H16FNO3S2. The highest BCUT2D eigenvalue weighted by atomic mass is 32.2. The first-order valence-corrected chi connectivity index (χ1v) is 8.34. The van der Waals surface area contributed by atoms with Crippen molar-refractivity contribution in [2.75, 3.05) is 20.0 Å². The minimum atomic E-state index is -3.38. The summed E-state index contributed by atoms with van der Waals surface area (Å²) in [5.74, 6) is -0.887. The van der Waals surface area contributed by atoms with Crippen molar-refractivity contribution >= 4 is 27.0 Å². The normalized spacial score (nSPS) is 29.1. The van der Waals surface area contributed by atoms with Gasteiger partial charge in [0.1, 0.15) is 5.82 Å². The Kier molecular flexibility index (Phi) is 3.88. The summed E-state index contributed by atoms with van der Waals surface area (Å²) in [6.45, 7) is 0.0985. The van der Waals surface area contributed by atoms with Gasteiger partial charge in [-0.1, -0.05) is 24.4 Å². The van der Waals surface area contributed by atoms with Crippen LogP contribution in [0.15, 0.2) is 24.3 Å². The predicted molar refractivity (Wildman–Crippen MR) is 78.9 cm³/mol. The van der Waals surface area contributed by atoms with E-state index in [4.69, 9.17) is 22.7 Å². The van der Waals surface area contributed by atoms with Crippen molar-refractivity contribution in [3.8, 4) is 0 Å². The molecule has 2 rings (SSSR count). The first kappa shape index (κ1) is 15.3. The molecule has 0 aliphatic heterocycles. The number of hydrogen-bond acceptors (Lipinski definition) is 4. The quantitative estimate of drug-likeness (QED) is 0.828. The van der Waals surface area contributed by atoms with Gasteiger partial charge in [-0.25, -0.2) is 12.8 Å². The Morgan fingerprint density at radius 1 is 1.55 bits per heavy atom. The molecule has 0 unspecified atom stereocenters. The molecular weight excluding hydrogens is 301 g/mol. The highest BCUT2D eigenvalue weighted by molar-refractivity contribution is 7.92. The Hall–Kier alpha value is -1.05. The van der Waals surface area contributed by atoms with Crippen LogP contribution in [-0.4, -0.2) is 38.6 Å². The Morgan fingerprint density at radius 3 is 2.65 bits per heavy atom. The van der Waals surface area contributed by atoms with Gasteiger partial charge in [0.15, 0.2) is 9.84 Å². The molecule has 0 radical (unpaired) electrons. The smallest absolute Gasteiger partial charge is 0.152 e. The average molecular weight is 317 g/mol. The zero-order valence-corrected chi connectivity index (χ0v) is 12.8. The van der Waals surface area contributed by atoms with Crippen LogP contribution in [0.1, 0.15) is 11.5 Å². The Labute approximate surface area is 123 Å². The van der Waals surface area contributed by atoms with Gasteiger partial charge in [-0.15, -0.1) is 0 Å². The van der Waals surface area contributed by atoms with Crippen molar-refractivity contribution in [2.45, 2.75) is 11.2 Å². The lowest BCUT2D eigenvalue weighted by Crippen LogP contribution is -2.32. The number of rotatable bonds is 5. The van der Waals surface area contributed by atoms with Crippen molar-refractivity contribution in [1.82, 2.24) is 0 Å². The number of methoxy groups -OCH3 is 1. The molecule has 0 saturated heterocycles. The second-order valence-corrected chi connectivity index (χ2v) is 7.73. The van der Waals surface area contributed by atoms with Crippen LogP contribution in [0.2, 0.25) is 0 Å². The molecule has 2 N–H and O–H groups in total. The van der Waals surface area contributed by atoms with Crippen molar-refractivity contribution < 1.29 is 17.5 Å². The highest BCUT2D eigenvalue weighted by Gasteiger charge is 2.71. The molecule has 1 saturated carbocycles. The number of benzene rings is 1. The van der Waals surface area contributed by atoms with Crippen molar-refractivity contribution in [1.29, 1.82) is 0 Å². The van der Waals surface area contributed by atoms with E-state index in [0.717, 1.165) is 6.26 Å². The molecule has 0 amide bonds. The number of sulfone groups is 1. The van der Waals surface area contributed by atoms with Crippen molar-refractivity contribution in [3.63, 3.8) is 0 Å². The van der Waals surface area contributed by atoms with Gasteiger partial charge < -0.3 is 10.5 Å². The summed E-state index contributed by atoms with van der Waals surface area (Å²) in [4.78, 5) is 0.0871. The molecule has 1 aliphatic carbocycles. The van der Waals surface area contributed by atoms with E-state index < -0.39 is 32.2 Å². The first-order valence-electron chi connectivity index (χ1n) is 5.98. The summed E-state index contributed by atoms with van der Waals surface area (Å²) in [5.41, 5.74) is 5.39. The number of hydrogen-bond donors (Lipinski definition) is 1. The van der Waals surface area contributed by atoms with E-state index >= 15 is 0 Å². The largest absolute Gasteiger partial charge is 0.393 e. The molecule has 1 aromatic rings. The molecule has 3 atom stereocenters. The number of thiocarbonyl (C=S) groups is 1. The molecule has 4 nitrogen and oxygen atoms in total. The molecule has 110 valence electrons. The van der Waals surface area contributed by atoms with Gasteiger partial charge >= 0.3 is 0 Å². The second kappa shape index (κ2) is 5.05. The third kappa shape index (κ3) is 2.34. The molecule has 20 heavy (non-hydrogen) atoms. The van der Waals surface area contributed by atoms with Crippen LogP contribution < -0.4 is 5.73 Å². The van der Waals surface area contributed by atoms with E-state index in [1.54, 1.807) is 12.1 Å². The second-order valence-electron chi connectivity index (χ2n) is 5.12. The summed E-state index contributed by atoms with van der Waals surface area (Å²) in [7, 11) is -1.93. The SMILES string of the molecule is COC[C@@]1(C(N)=S)[C@H](S(C)(=O)=O)[C@@H]1c1cccc(F)c1. The zero-order chi connectivity index (χ0) is 15.1. The molecule has 0 spiro atoms. The van der Waals surface area contributed by atoms with Crippen molar-refractivity contribution in [3.05, 3.63) is 35.6 Å². The molecule has 1 fully saturated rings. The van der Waals surface area contributed by atoms with Crippen LogP contribution >= 0.6 is 12.2 Å². The Balaban J connectivity index is 2.53. The molecule has 0 aromatic heterocycles. The highest BCUT2D eigenvalue weighted by Crippen LogP contribution is 2.63. The first-order chi connectivity index (χ1) is 9.25. The van der Waals surface area contributed by atoms with Crippen LogP contribution in [0.4, 0.5) is 4.39 Å². The summed E-state index contributed by atoms with van der Waals surface area (Å²) in [5, 5.41) is -0.769. The van der Waals surface area contributed by atoms with Crippen LogP contribution in [0.25, 0.3) is 0 Å². The van der Waals surface area contributed by atoms with Crippen LogP contribution in [0.5, 0.6) is 0 Å². The molecule has 1 aliphatic rings. The van der Waals surface area contributed by atoms with Crippen LogP contribution in [0, 0.1) is 11.2 Å². The summed E-state index contributed by atoms with van der Waals surface area (Å²) in [6, 6.07) is 5.85. The standard InChI is InChI=1S/C13H16FNO3S2/c1-18-7-13(12(15)19)10(11(13)20(2,16)17)8-4-3-5-9(14)6-8/h3-6,10-11H,7H2,1-2H3,(H2,15,19)/t10-,11+,13-/m0/s1. The van der Waals surface area contributed by atoms with Crippen LogP contribution in [0.3, 0.4) is 0 Å². The lowest BCUT2D eigenvalue weighted by Gasteiger charge is -2.15. The maximum absolute atomic E-state index is 13.4. The monoisotopic (exact) mass is 317 g/mol.